The van der Waals surface area contributed by atoms with Crippen LogP contribution in [0.5, 0.6) is 0 Å². The van der Waals surface area contributed by atoms with Crippen LogP contribution < -0.4 is 0 Å². The van der Waals surface area contributed by atoms with Crippen LogP contribution in [0.3, 0.4) is 0 Å². The van der Waals surface area contributed by atoms with Crippen molar-refractivity contribution >= 4 is 21.8 Å². The Morgan fingerprint density at radius 1 is 1.19 bits per heavy atom. The Kier molecular flexibility index (Phi) is 4.06. The number of carbonyl (C=O) groups is 1. The van der Waals surface area contributed by atoms with E-state index in [2.05, 4.69) is 15.9 Å². The summed E-state index contributed by atoms with van der Waals surface area (Å²) in [7, 11) is 0. The highest BCUT2D eigenvalue weighted by atomic mass is 79.9. The van der Waals surface area contributed by atoms with Gasteiger partial charge in [-0.2, -0.15) is 0 Å². The Morgan fingerprint density at radius 3 is 2.52 bits per heavy atom. The fourth-order valence-corrected chi connectivity index (χ4v) is 2.71. The topological polar surface area (TPSA) is 20.3 Å². The van der Waals surface area contributed by atoms with Gasteiger partial charge in [0, 0.05) is 18.2 Å². The third-order valence-corrected chi connectivity index (χ3v) is 4.22. The van der Waals surface area contributed by atoms with Crippen molar-refractivity contribution in [3.63, 3.8) is 0 Å². The van der Waals surface area contributed by atoms with Crippen molar-refractivity contribution in [1.82, 2.24) is 4.90 Å². The van der Waals surface area contributed by atoms with E-state index in [1.807, 2.05) is 35.2 Å². The maximum atomic E-state index is 13.3. The molecule has 0 heterocycles. The number of nitrogens with zero attached hydrogens (tertiary/aromatic N) is 1. The predicted molar refractivity (Wildman–Crippen MR) is 83.4 cm³/mol. The summed E-state index contributed by atoms with van der Waals surface area (Å²) in [6, 6.07) is 14.7. The van der Waals surface area contributed by atoms with Crippen LogP contribution in [0.25, 0.3) is 0 Å². The van der Waals surface area contributed by atoms with Gasteiger partial charge < -0.3 is 4.90 Å². The molecule has 0 aliphatic heterocycles. The Hall–Kier alpha value is -1.68. The molecule has 0 aromatic heterocycles. The second-order valence-corrected chi connectivity index (χ2v) is 6.13. The van der Waals surface area contributed by atoms with Crippen LogP contribution in [0.2, 0.25) is 0 Å². The van der Waals surface area contributed by atoms with Crippen LogP contribution in [0.4, 0.5) is 4.39 Å². The van der Waals surface area contributed by atoms with Crippen molar-refractivity contribution in [2.24, 2.45) is 0 Å². The lowest BCUT2D eigenvalue weighted by molar-refractivity contribution is 0.0730. The van der Waals surface area contributed by atoms with E-state index in [0.717, 1.165) is 18.4 Å². The van der Waals surface area contributed by atoms with Crippen LogP contribution in [-0.4, -0.2) is 16.8 Å². The number of amides is 1. The van der Waals surface area contributed by atoms with Crippen molar-refractivity contribution in [2.45, 2.75) is 25.4 Å². The third kappa shape index (κ3) is 3.32. The van der Waals surface area contributed by atoms with Gasteiger partial charge in [0.05, 0.1) is 4.47 Å². The second kappa shape index (κ2) is 5.98. The molecule has 0 bridgehead atoms. The molecule has 2 aromatic rings. The van der Waals surface area contributed by atoms with Gasteiger partial charge in [0.2, 0.25) is 0 Å². The van der Waals surface area contributed by atoms with Gasteiger partial charge in [0.25, 0.3) is 5.91 Å². The zero-order chi connectivity index (χ0) is 14.8. The quantitative estimate of drug-likeness (QED) is 0.802. The SMILES string of the molecule is O=C(c1ccc(F)c(Br)c1)N(Cc1ccccc1)C1CC1. The smallest absolute Gasteiger partial charge is 0.254 e. The third-order valence-electron chi connectivity index (χ3n) is 3.61. The Balaban J connectivity index is 1.83. The van der Waals surface area contributed by atoms with Gasteiger partial charge in [-0.3, -0.25) is 4.79 Å². The molecule has 4 heteroatoms. The zero-order valence-electron chi connectivity index (χ0n) is 11.4. The first-order valence-electron chi connectivity index (χ1n) is 6.95. The van der Waals surface area contributed by atoms with Gasteiger partial charge >= 0.3 is 0 Å². The summed E-state index contributed by atoms with van der Waals surface area (Å²) in [5.41, 5.74) is 1.63. The summed E-state index contributed by atoms with van der Waals surface area (Å²) < 4.78 is 13.6. The molecule has 0 N–H and O–H groups in total. The molecular formula is C17H15BrFNO. The average Bonchev–Trinajstić information content (AvgIpc) is 3.33. The van der Waals surface area contributed by atoms with E-state index in [-0.39, 0.29) is 11.7 Å². The molecule has 0 spiro atoms. The van der Waals surface area contributed by atoms with Crippen LogP contribution in [-0.2, 0) is 6.54 Å². The molecule has 21 heavy (non-hydrogen) atoms. The van der Waals surface area contributed by atoms with Crippen LogP contribution in [0.1, 0.15) is 28.8 Å². The number of carbonyl (C=O) groups excluding carboxylic acids is 1. The van der Waals surface area contributed by atoms with E-state index >= 15 is 0 Å². The van der Waals surface area contributed by atoms with Gasteiger partial charge in [0.1, 0.15) is 5.82 Å². The minimum absolute atomic E-state index is 0.0398. The zero-order valence-corrected chi connectivity index (χ0v) is 13.0. The van der Waals surface area contributed by atoms with Crippen LogP contribution in [0.15, 0.2) is 53.0 Å². The van der Waals surface area contributed by atoms with E-state index < -0.39 is 0 Å². The Morgan fingerprint density at radius 2 is 1.90 bits per heavy atom. The summed E-state index contributed by atoms with van der Waals surface area (Å²) in [6.45, 7) is 0.597. The van der Waals surface area contributed by atoms with E-state index in [9.17, 15) is 9.18 Å². The highest BCUT2D eigenvalue weighted by Crippen LogP contribution is 2.30. The molecule has 3 rings (SSSR count). The normalized spacial score (nSPS) is 14.0. The number of hydrogen-bond donors (Lipinski definition) is 0. The molecule has 1 aliphatic carbocycles. The van der Waals surface area contributed by atoms with Crippen molar-refractivity contribution in [2.75, 3.05) is 0 Å². The minimum atomic E-state index is -0.354. The molecule has 1 fully saturated rings. The molecule has 1 aliphatic rings. The molecule has 0 radical (unpaired) electrons. The first-order valence-corrected chi connectivity index (χ1v) is 7.74. The van der Waals surface area contributed by atoms with Gasteiger partial charge in [-0.1, -0.05) is 30.3 Å². The summed E-state index contributed by atoms with van der Waals surface area (Å²) >= 11 is 3.14. The summed E-state index contributed by atoms with van der Waals surface area (Å²) in [6.07, 6.45) is 2.09. The van der Waals surface area contributed by atoms with Crippen molar-refractivity contribution in [3.05, 3.63) is 69.9 Å². The van der Waals surface area contributed by atoms with E-state index in [0.29, 0.717) is 22.6 Å². The molecule has 2 aromatic carbocycles. The molecule has 0 unspecified atom stereocenters. The predicted octanol–water partition coefficient (Wildman–Crippen LogP) is 4.39. The van der Waals surface area contributed by atoms with Gasteiger partial charge in [0.15, 0.2) is 0 Å². The lowest BCUT2D eigenvalue weighted by Gasteiger charge is -2.23. The summed E-state index contributed by atoms with van der Waals surface area (Å²) in [5, 5.41) is 0. The summed E-state index contributed by atoms with van der Waals surface area (Å²) in [5.74, 6) is -0.394. The van der Waals surface area contributed by atoms with E-state index in [1.165, 1.54) is 6.07 Å². The Bertz CT molecular complexity index is 655. The molecule has 1 saturated carbocycles. The first-order chi connectivity index (χ1) is 10.1. The van der Waals surface area contributed by atoms with E-state index in [1.54, 1.807) is 12.1 Å². The van der Waals surface area contributed by atoms with Gasteiger partial charge in [-0.05, 0) is 52.5 Å². The van der Waals surface area contributed by atoms with Gasteiger partial charge in [-0.25, -0.2) is 4.39 Å². The van der Waals surface area contributed by atoms with Gasteiger partial charge in [-0.15, -0.1) is 0 Å². The van der Waals surface area contributed by atoms with Crippen molar-refractivity contribution in [1.29, 1.82) is 0 Å². The molecular weight excluding hydrogens is 333 g/mol. The largest absolute Gasteiger partial charge is 0.331 e. The monoisotopic (exact) mass is 347 g/mol. The number of rotatable bonds is 4. The van der Waals surface area contributed by atoms with Crippen LogP contribution in [0, 0.1) is 5.82 Å². The standard InChI is InChI=1S/C17H15BrFNO/c18-15-10-13(6-9-16(15)19)17(21)20(14-7-8-14)11-12-4-2-1-3-5-12/h1-6,9-10,14H,7-8,11H2. The Labute approximate surface area is 131 Å². The summed E-state index contributed by atoms with van der Waals surface area (Å²) in [4.78, 5) is 14.6. The first kappa shape index (κ1) is 14.3. The fraction of sp³-hybridized carbons (Fsp3) is 0.235. The van der Waals surface area contributed by atoms with Crippen molar-refractivity contribution < 1.29 is 9.18 Å². The second-order valence-electron chi connectivity index (χ2n) is 5.28. The number of halogens is 2. The molecule has 0 saturated heterocycles. The highest BCUT2D eigenvalue weighted by molar-refractivity contribution is 9.10. The lowest BCUT2D eigenvalue weighted by atomic mass is 10.1. The van der Waals surface area contributed by atoms with Crippen molar-refractivity contribution in [3.8, 4) is 0 Å². The van der Waals surface area contributed by atoms with E-state index in [4.69, 9.17) is 0 Å². The molecule has 2 nitrogen and oxygen atoms in total. The molecule has 0 atom stereocenters. The maximum absolute atomic E-state index is 13.3. The highest BCUT2D eigenvalue weighted by Gasteiger charge is 2.33. The fourth-order valence-electron chi connectivity index (χ4n) is 2.33. The number of benzene rings is 2. The average molecular weight is 348 g/mol. The van der Waals surface area contributed by atoms with Crippen LogP contribution >= 0.6 is 15.9 Å². The number of hydrogen-bond acceptors (Lipinski definition) is 1. The minimum Gasteiger partial charge on any atom is -0.331 e. The molecule has 108 valence electrons. The maximum Gasteiger partial charge on any atom is 0.254 e. The lowest BCUT2D eigenvalue weighted by Crippen LogP contribution is -2.32. The molecule has 1 amide bonds.